The maximum absolute atomic E-state index is 11.2. The summed E-state index contributed by atoms with van der Waals surface area (Å²) in [6.07, 6.45) is 4.89. The molecule has 7 N–H and O–H groups in total. The van der Waals surface area contributed by atoms with Gasteiger partial charge in [0.25, 0.3) is 0 Å². The Morgan fingerprint density at radius 2 is 1.90 bits per heavy atom. The first-order valence-corrected chi connectivity index (χ1v) is 6.68. The molecule has 0 saturated heterocycles. The molecule has 0 spiro atoms. The largest absolute Gasteiger partial charge is 0.480 e. The molecule has 2 atom stereocenters. The summed E-state index contributed by atoms with van der Waals surface area (Å²) in [5.74, 6) is -2.12. The number of nitrogens with two attached hydrogens (primary N) is 1. The topological polar surface area (TPSA) is 153 Å². The van der Waals surface area contributed by atoms with Crippen molar-refractivity contribution in [1.82, 2.24) is 20.8 Å². The number of carbonyl (C=O) groups is 2. The molecule has 118 valence electrons. The Labute approximate surface area is 121 Å². The summed E-state index contributed by atoms with van der Waals surface area (Å²) in [4.78, 5) is 28.9. The molecule has 1 rings (SSSR count). The Morgan fingerprint density at radius 3 is 2.43 bits per heavy atom. The Kier molecular flexibility index (Phi) is 7.37. The lowest BCUT2D eigenvalue weighted by molar-refractivity contribution is -0.143. The van der Waals surface area contributed by atoms with E-state index in [-0.39, 0.29) is 6.42 Å². The number of unbranched alkanes of at least 4 members (excludes halogenated alkanes) is 1. The minimum atomic E-state index is -1.08. The van der Waals surface area contributed by atoms with Crippen molar-refractivity contribution in [2.45, 2.75) is 37.8 Å². The Morgan fingerprint density at radius 1 is 1.24 bits per heavy atom. The van der Waals surface area contributed by atoms with Crippen molar-refractivity contribution >= 4 is 11.9 Å². The predicted octanol–water partition coefficient (Wildman–Crippen LogP) is -0.918. The van der Waals surface area contributed by atoms with Gasteiger partial charge < -0.3 is 20.9 Å². The number of aromatic amines is 1. The molecule has 0 amide bonds. The summed E-state index contributed by atoms with van der Waals surface area (Å²) in [7, 11) is 0. The molecular formula is C12H21N5O4. The third kappa shape index (κ3) is 6.34. The monoisotopic (exact) mass is 299 g/mol. The van der Waals surface area contributed by atoms with Gasteiger partial charge in [0.1, 0.15) is 12.1 Å². The molecule has 0 aliphatic carbocycles. The fourth-order valence-corrected chi connectivity index (χ4v) is 1.77. The van der Waals surface area contributed by atoms with Crippen LogP contribution in [0.25, 0.3) is 0 Å². The van der Waals surface area contributed by atoms with E-state index in [1.54, 1.807) is 0 Å². The second kappa shape index (κ2) is 9.06. The number of hydrogen-bond acceptors (Lipinski definition) is 6. The van der Waals surface area contributed by atoms with Crippen LogP contribution in [-0.4, -0.2) is 50.7 Å². The van der Waals surface area contributed by atoms with E-state index in [1.807, 2.05) is 0 Å². The standard InChI is InChI=1S/C12H21N5O4/c13-4-2-1-3-9(11(18)19)16-17-10(12(20)21)5-8-6-14-7-15-8/h6-7,9-10,16-17H,1-5,13H2,(H,14,15)(H,18,19)(H,20,21)/t9-,10-/m0/s1. The van der Waals surface area contributed by atoms with Crippen LogP contribution in [0, 0.1) is 0 Å². The van der Waals surface area contributed by atoms with Crippen molar-refractivity contribution < 1.29 is 19.8 Å². The van der Waals surface area contributed by atoms with E-state index in [4.69, 9.17) is 15.9 Å². The SMILES string of the molecule is NCCCC[C@H](NN[C@@H](Cc1cnc[nH]1)C(=O)O)C(=O)O. The molecule has 21 heavy (non-hydrogen) atoms. The maximum atomic E-state index is 11.2. The number of carboxylic acid groups (broad SMARTS) is 2. The van der Waals surface area contributed by atoms with Gasteiger partial charge in [0.15, 0.2) is 0 Å². The van der Waals surface area contributed by atoms with Crippen LogP contribution in [-0.2, 0) is 16.0 Å². The fourth-order valence-electron chi connectivity index (χ4n) is 1.77. The number of carboxylic acids is 2. The van der Waals surface area contributed by atoms with E-state index in [0.29, 0.717) is 25.1 Å². The normalized spacial score (nSPS) is 13.8. The molecule has 9 nitrogen and oxygen atoms in total. The third-order valence-electron chi connectivity index (χ3n) is 2.95. The van der Waals surface area contributed by atoms with Crippen molar-refractivity contribution in [1.29, 1.82) is 0 Å². The number of imidazole rings is 1. The second-order valence-corrected chi connectivity index (χ2v) is 4.64. The Hall–Kier alpha value is -1.97. The summed E-state index contributed by atoms with van der Waals surface area (Å²) >= 11 is 0. The lowest BCUT2D eigenvalue weighted by Crippen LogP contribution is -2.53. The molecule has 0 radical (unpaired) electrons. The highest BCUT2D eigenvalue weighted by Gasteiger charge is 2.22. The summed E-state index contributed by atoms with van der Waals surface area (Å²) < 4.78 is 0. The summed E-state index contributed by atoms with van der Waals surface area (Å²) in [6.45, 7) is 0.497. The van der Waals surface area contributed by atoms with E-state index < -0.39 is 24.0 Å². The van der Waals surface area contributed by atoms with Gasteiger partial charge in [0.05, 0.1) is 6.33 Å². The average Bonchev–Trinajstić information content (AvgIpc) is 2.93. The van der Waals surface area contributed by atoms with Crippen LogP contribution in [0.3, 0.4) is 0 Å². The van der Waals surface area contributed by atoms with E-state index in [1.165, 1.54) is 12.5 Å². The molecule has 1 heterocycles. The van der Waals surface area contributed by atoms with Crippen LogP contribution in [0.4, 0.5) is 0 Å². The van der Waals surface area contributed by atoms with E-state index in [0.717, 1.165) is 6.42 Å². The highest BCUT2D eigenvalue weighted by molar-refractivity contribution is 5.75. The molecule has 1 aromatic heterocycles. The van der Waals surface area contributed by atoms with Crippen molar-refractivity contribution in [3.8, 4) is 0 Å². The van der Waals surface area contributed by atoms with Gasteiger partial charge in [-0.25, -0.2) is 15.8 Å². The first kappa shape index (κ1) is 17.1. The molecule has 0 aliphatic heterocycles. The van der Waals surface area contributed by atoms with Crippen LogP contribution < -0.4 is 16.6 Å². The van der Waals surface area contributed by atoms with Gasteiger partial charge in [-0.1, -0.05) is 0 Å². The zero-order valence-electron chi connectivity index (χ0n) is 11.6. The Balaban J connectivity index is 2.49. The number of H-pyrrole nitrogens is 1. The number of nitrogens with zero attached hydrogens (tertiary/aromatic N) is 1. The van der Waals surface area contributed by atoms with Gasteiger partial charge in [0.2, 0.25) is 0 Å². The Bertz CT molecular complexity index is 437. The lowest BCUT2D eigenvalue weighted by atomic mass is 10.1. The van der Waals surface area contributed by atoms with Gasteiger partial charge in [-0.05, 0) is 25.8 Å². The molecule has 0 saturated carbocycles. The summed E-state index contributed by atoms with van der Waals surface area (Å²) in [5.41, 5.74) is 11.1. The first-order chi connectivity index (χ1) is 10.0. The van der Waals surface area contributed by atoms with E-state index >= 15 is 0 Å². The van der Waals surface area contributed by atoms with E-state index in [2.05, 4.69) is 20.8 Å². The zero-order valence-corrected chi connectivity index (χ0v) is 11.6. The molecule has 0 unspecified atom stereocenters. The van der Waals surface area contributed by atoms with Crippen molar-refractivity contribution in [3.63, 3.8) is 0 Å². The van der Waals surface area contributed by atoms with Crippen LogP contribution in [0.1, 0.15) is 25.0 Å². The zero-order chi connectivity index (χ0) is 15.7. The minimum Gasteiger partial charge on any atom is -0.480 e. The number of rotatable bonds is 11. The van der Waals surface area contributed by atoms with Crippen molar-refractivity contribution in [3.05, 3.63) is 18.2 Å². The smallest absolute Gasteiger partial charge is 0.322 e. The van der Waals surface area contributed by atoms with Gasteiger partial charge in [-0.3, -0.25) is 9.59 Å². The summed E-state index contributed by atoms with van der Waals surface area (Å²) in [6, 6.07) is -1.82. The van der Waals surface area contributed by atoms with E-state index in [9.17, 15) is 9.59 Å². The number of hydrazine groups is 1. The molecule has 0 bridgehead atoms. The fraction of sp³-hybridized carbons (Fsp3) is 0.583. The van der Waals surface area contributed by atoms with Crippen molar-refractivity contribution in [2.24, 2.45) is 5.73 Å². The van der Waals surface area contributed by atoms with Gasteiger partial charge in [-0.15, -0.1) is 0 Å². The molecule has 0 aliphatic rings. The quantitative estimate of drug-likeness (QED) is 0.226. The summed E-state index contributed by atoms with van der Waals surface area (Å²) in [5, 5.41) is 18.2. The van der Waals surface area contributed by atoms with Gasteiger partial charge >= 0.3 is 11.9 Å². The molecule has 1 aromatic rings. The molecule has 0 fully saturated rings. The predicted molar refractivity (Wildman–Crippen MR) is 74.3 cm³/mol. The highest BCUT2D eigenvalue weighted by atomic mass is 16.4. The number of nitrogens with one attached hydrogen (secondary N) is 3. The third-order valence-corrected chi connectivity index (χ3v) is 2.95. The van der Waals surface area contributed by atoms with Gasteiger partial charge in [0, 0.05) is 18.3 Å². The van der Waals surface area contributed by atoms with Gasteiger partial charge in [-0.2, -0.15) is 0 Å². The lowest BCUT2D eigenvalue weighted by Gasteiger charge is -2.19. The minimum absolute atomic E-state index is 0.164. The molecule has 0 aromatic carbocycles. The second-order valence-electron chi connectivity index (χ2n) is 4.64. The van der Waals surface area contributed by atoms with Crippen LogP contribution in [0.5, 0.6) is 0 Å². The maximum Gasteiger partial charge on any atom is 0.322 e. The number of aliphatic carboxylic acids is 2. The van der Waals surface area contributed by atoms with Crippen LogP contribution in [0.15, 0.2) is 12.5 Å². The highest BCUT2D eigenvalue weighted by Crippen LogP contribution is 2.02. The van der Waals surface area contributed by atoms with Crippen LogP contribution in [0.2, 0.25) is 0 Å². The average molecular weight is 299 g/mol. The van der Waals surface area contributed by atoms with Crippen molar-refractivity contribution in [2.75, 3.05) is 6.54 Å². The van der Waals surface area contributed by atoms with Crippen LogP contribution >= 0.6 is 0 Å². The molecule has 9 heteroatoms. The number of aromatic nitrogens is 2. The first-order valence-electron chi connectivity index (χ1n) is 6.68. The molecular weight excluding hydrogens is 278 g/mol. The number of hydrogen-bond donors (Lipinski definition) is 6.